The lowest BCUT2D eigenvalue weighted by atomic mass is 10.1. The Hall–Kier alpha value is -4.19. The Bertz CT molecular complexity index is 1370. The zero-order chi connectivity index (χ0) is 24.9. The van der Waals surface area contributed by atoms with Crippen LogP contribution in [0.15, 0.2) is 84.0 Å². The SMILES string of the molecule is COC(=O)c1cccc(CO/N=C(/C)c2cc(-c3ccc(F)cc3)n(-c3ccc(C)cc3)c2C)c1. The van der Waals surface area contributed by atoms with Gasteiger partial charge in [-0.1, -0.05) is 35.0 Å². The molecule has 4 aromatic rings. The minimum Gasteiger partial charge on any atom is -0.465 e. The number of rotatable bonds is 7. The quantitative estimate of drug-likeness (QED) is 0.173. The third-order valence-corrected chi connectivity index (χ3v) is 5.85. The van der Waals surface area contributed by atoms with Crippen molar-refractivity contribution in [2.24, 2.45) is 5.16 Å². The first kappa shape index (κ1) is 24.0. The predicted octanol–water partition coefficient (Wildman–Crippen LogP) is 6.63. The lowest BCUT2D eigenvalue weighted by molar-refractivity contribution is 0.0600. The van der Waals surface area contributed by atoms with Crippen LogP contribution in [0.2, 0.25) is 0 Å². The van der Waals surface area contributed by atoms with E-state index in [1.165, 1.54) is 24.8 Å². The summed E-state index contributed by atoms with van der Waals surface area (Å²) in [5.74, 6) is -0.672. The van der Waals surface area contributed by atoms with Crippen LogP contribution in [0.1, 0.15) is 39.7 Å². The summed E-state index contributed by atoms with van der Waals surface area (Å²) in [7, 11) is 1.35. The maximum atomic E-state index is 13.6. The van der Waals surface area contributed by atoms with Crippen LogP contribution < -0.4 is 0 Å². The van der Waals surface area contributed by atoms with Gasteiger partial charge in [-0.3, -0.25) is 0 Å². The molecule has 1 heterocycles. The highest BCUT2D eigenvalue weighted by Crippen LogP contribution is 2.30. The van der Waals surface area contributed by atoms with Gasteiger partial charge in [-0.2, -0.15) is 0 Å². The largest absolute Gasteiger partial charge is 0.465 e. The number of oxime groups is 1. The van der Waals surface area contributed by atoms with Crippen LogP contribution in [0, 0.1) is 19.7 Å². The number of aromatic nitrogens is 1. The highest BCUT2D eigenvalue weighted by molar-refractivity contribution is 6.01. The number of hydrogen-bond donors (Lipinski definition) is 0. The number of ether oxygens (including phenoxy) is 1. The summed E-state index contributed by atoms with van der Waals surface area (Å²) < 4.78 is 20.5. The Morgan fingerprint density at radius 3 is 2.37 bits per heavy atom. The van der Waals surface area contributed by atoms with Gasteiger partial charge in [-0.15, -0.1) is 0 Å². The second kappa shape index (κ2) is 10.4. The Morgan fingerprint density at radius 1 is 0.971 bits per heavy atom. The first-order valence-electron chi connectivity index (χ1n) is 11.3. The third kappa shape index (κ3) is 5.32. The van der Waals surface area contributed by atoms with E-state index in [-0.39, 0.29) is 12.4 Å². The molecule has 0 unspecified atom stereocenters. The Morgan fingerprint density at radius 2 is 1.69 bits per heavy atom. The van der Waals surface area contributed by atoms with Crippen molar-refractivity contribution >= 4 is 11.7 Å². The second-order valence-corrected chi connectivity index (χ2v) is 8.35. The van der Waals surface area contributed by atoms with E-state index >= 15 is 0 Å². The monoisotopic (exact) mass is 470 g/mol. The number of halogens is 1. The molecule has 1 aromatic heterocycles. The van der Waals surface area contributed by atoms with Crippen molar-refractivity contribution < 1.29 is 18.8 Å². The molecule has 0 amide bonds. The van der Waals surface area contributed by atoms with E-state index in [0.717, 1.165) is 33.8 Å². The number of aryl methyl sites for hydroxylation is 1. The highest BCUT2D eigenvalue weighted by atomic mass is 19.1. The van der Waals surface area contributed by atoms with Gasteiger partial charge in [-0.05, 0) is 86.5 Å². The number of methoxy groups -OCH3 is 1. The van der Waals surface area contributed by atoms with Crippen molar-refractivity contribution in [2.45, 2.75) is 27.4 Å². The second-order valence-electron chi connectivity index (χ2n) is 8.35. The minimum absolute atomic E-state index is 0.213. The van der Waals surface area contributed by atoms with Gasteiger partial charge in [0.2, 0.25) is 0 Å². The molecular weight excluding hydrogens is 443 g/mol. The average Bonchev–Trinajstić information content (AvgIpc) is 3.21. The van der Waals surface area contributed by atoms with Crippen LogP contribution in [0.25, 0.3) is 16.9 Å². The zero-order valence-corrected chi connectivity index (χ0v) is 20.2. The smallest absolute Gasteiger partial charge is 0.337 e. The molecule has 0 fully saturated rings. The average molecular weight is 471 g/mol. The van der Waals surface area contributed by atoms with E-state index in [2.05, 4.69) is 34.0 Å². The van der Waals surface area contributed by atoms with Crippen molar-refractivity contribution in [1.82, 2.24) is 4.57 Å². The predicted molar refractivity (Wildman–Crippen MR) is 135 cm³/mol. The van der Waals surface area contributed by atoms with Gasteiger partial charge >= 0.3 is 5.97 Å². The van der Waals surface area contributed by atoms with Crippen molar-refractivity contribution in [3.05, 3.63) is 113 Å². The molecular formula is C29H27FN2O3. The summed E-state index contributed by atoms with van der Waals surface area (Å²) in [5.41, 5.74) is 7.90. The van der Waals surface area contributed by atoms with E-state index in [1.807, 2.05) is 32.9 Å². The summed E-state index contributed by atoms with van der Waals surface area (Å²) in [6.07, 6.45) is 0. The molecule has 0 aliphatic rings. The van der Waals surface area contributed by atoms with Gasteiger partial charge in [0.05, 0.1) is 24.1 Å². The van der Waals surface area contributed by atoms with Gasteiger partial charge in [0.25, 0.3) is 0 Å². The number of esters is 1. The highest BCUT2D eigenvalue weighted by Gasteiger charge is 2.17. The van der Waals surface area contributed by atoms with Crippen LogP contribution in [0.5, 0.6) is 0 Å². The molecule has 5 nitrogen and oxygen atoms in total. The summed E-state index contributed by atoms with van der Waals surface area (Å²) in [6, 6.07) is 23.8. The summed E-state index contributed by atoms with van der Waals surface area (Å²) in [4.78, 5) is 17.4. The summed E-state index contributed by atoms with van der Waals surface area (Å²) in [5, 5.41) is 4.34. The fourth-order valence-corrected chi connectivity index (χ4v) is 3.99. The molecule has 3 aromatic carbocycles. The lowest BCUT2D eigenvalue weighted by Crippen LogP contribution is -2.03. The molecule has 0 N–H and O–H groups in total. The van der Waals surface area contributed by atoms with Gasteiger partial charge < -0.3 is 14.1 Å². The maximum absolute atomic E-state index is 13.6. The molecule has 35 heavy (non-hydrogen) atoms. The van der Waals surface area contributed by atoms with Crippen LogP contribution in [-0.4, -0.2) is 23.4 Å². The summed E-state index contributed by atoms with van der Waals surface area (Å²) >= 11 is 0. The van der Waals surface area contributed by atoms with Crippen LogP contribution >= 0.6 is 0 Å². The number of benzene rings is 3. The molecule has 0 saturated heterocycles. The number of carbonyl (C=O) groups is 1. The minimum atomic E-state index is -0.395. The Balaban J connectivity index is 1.65. The van der Waals surface area contributed by atoms with Crippen molar-refractivity contribution in [1.29, 1.82) is 0 Å². The topological polar surface area (TPSA) is 52.8 Å². The van der Waals surface area contributed by atoms with E-state index < -0.39 is 5.97 Å². The molecule has 4 rings (SSSR count). The van der Waals surface area contributed by atoms with E-state index in [4.69, 9.17) is 9.57 Å². The molecule has 0 aliphatic heterocycles. The Kier molecular flexibility index (Phi) is 7.11. The van der Waals surface area contributed by atoms with Crippen LogP contribution in [-0.2, 0) is 16.2 Å². The molecule has 0 saturated carbocycles. The van der Waals surface area contributed by atoms with E-state index in [1.54, 1.807) is 30.3 Å². The third-order valence-electron chi connectivity index (χ3n) is 5.85. The number of hydrogen-bond acceptors (Lipinski definition) is 4. The van der Waals surface area contributed by atoms with E-state index in [9.17, 15) is 9.18 Å². The fourth-order valence-electron chi connectivity index (χ4n) is 3.99. The molecule has 0 aliphatic carbocycles. The van der Waals surface area contributed by atoms with Gasteiger partial charge in [0.15, 0.2) is 0 Å². The molecule has 0 atom stereocenters. The van der Waals surface area contributed by atoms with Crippen LogP contribution in [0.4, 0.5) is 4.39 Å². The first-order valence-corrected chi connectivity index (χ1v) is 11.3. The molecule has 6 heteroatoms. The normalized spacial score (nSPS) is 11.4. The Labute approximate surface area is 204 Å². The molecule has 178 valence electrons. The maximum Gasteiger partial charge on any atom is 0.337 e. The van der Waals surface area contributed by atoms with Gasteiger partial charge in [-0.25, -0.2) is 9.18 Å². The fraction of sp³-hybridized carbons (Fsp3) is 0.172. The number of nitrogens with zero attached hydrogens (tertiary/aromatic N) is 2. The van der Waals surface area contributed by atoms with Gasteiger partial charge in [0, 0.05) is 16.9 Å². The van der Waals surface area contributed by atoms with Crippen molar-refractivity contribution in [2.75, 3.05) is 7.11 Å². The molecule has 0 spiro atoms. The van der Waals surface area contributed by atoms with Crippen molar-refractivity contribution in [3.63, 3.8) is 0 Å². The standard InChI is InChI=1S/C29H27FN2O3/c1-19-8-14-26(15-9-19)32-21(3)27(17-28(32)23-10-12-25(30)13-11-23)20(2)31-35-18-22-6-5-7-24(16-22)29(33)34-4/h5-17H,18H2,1-4H3/b31-20-. The number of carbonyl (C=O) groups excluding carboxylic acids is 1. The zero-order valence-electron chi connectivity index (χ0n) is 20.2. The van der Waals surface area contributed by atoms with E-state index in [0.29, 0.717) is 11.3 Å². The first-order chi connectivity index (χ1) is 16.9. The van der Waals surface area contributed by atoms with Gasteiger partial charge in [0.1, 0.15) is 12.4 Å². The summed E-state index contributed by atoms with van der Waals surface area (Å²) in [6.45, 7) is 6.18. The molecule has 0 bridgehead atoms. The molecule has 0 radical (unpaired) electrons. The van der Waals surface area contributed by atoms with Crippen LogP contribution in [0.3, 0.4) is 0 Å². The lowest BCUT2D eigenvalue weighted by Gasteiger charge is -2.13. The van der Waals surface area contributed by atoms with Crippen molar-refractivity contribution in [3.8, 4) is 16.9 Å².